The van der Waals surface area contributed by atoms with E-state index in [2.05, 4.69) is 11.4 Å². The summed E-state index contributed by atoms with van der Waals surface area (Å²) in [5, 5.41) is 12.3. The number of hydrogen-bond acceptors (Lipinski definition) is 2. The lowest BCUT2D eigenvalue weighted by Crippen LogP contribution is -2.40. The Morgan fingerprint density at radius 1 is 1.18 bits per heavy atom. The van der Waals surface area contributed by atoms with E-state index < -0.39 is 17.0 Å². The molecule has 0 atom stereocenters. The zero-order valence-corrected chi connectivity index (χ0v) is 9.99. The van der Waals surface area contributed by atoms with Crippen LogP contribution < -0.4 is 5.32 Å². The summed E-state index contributed by atoms with van der Waals surface area (Å²) in [5.41, 5.74) is -1.08. The molecule has 0 aliphatic carbocycles. The van der Waals surface area contributed by atoms with Gasteiger partial charge in [-0.25, -0.2) is 8.78 Å². The van der Waals surface area contributed by atoms with Gasteiger partial charge in [0.1, 0.15) is 11.6 Å². The Bertz CT molecular complexity index is 416. The van der Waals surface area contributed by atoms with Crippen molar-refractivity contribution in [1.82, 2.24) is 5.32 Å². The molecule has 1 aliphatic rings. The van der Waals surface area contributed by atoms with Crippen molar-refractivity contribution in [2.75, 3.05) is 13.1 Å². The van der Waals surface area contributed by atoms with E-state index in [4.69, 9.17) is 0 Å². The number of nitrogens with zero attached hydrogens (tertiary/aromatic N) is 1. The van der Waals surface area contributed by atoms with Gasteiger partial charge >= 0.3 is 0 Å². The Morgan fingerprint density at radius 3 is 2.18 bits per heavy atom. The molecule has 0 radical (unpaired) electrons. The van der Waals surface area contributed by atoms with Crippen LogP contribution in [0, 0.1) is 23.0 Å². The number of nitriles is 1. The van der Waals surface area contributed by atoms with Crippen molar-refractivity contribution in [3.05, 3.63) is 35.4 Å². The van der Waals surface area contributed by atoms with Gasteiger partial charge in [-0.15, -0.1) is 12.4 Å². The average Bonchev–Trinajstić information content (AvgIpc) is 2.30. The summed E-state index contributed by atoms with van der Waals surface area (Å²) in [6.07, 6.45) is 0.892. The van der Waals surface area contributed by atoms with Crippen LogP contribution in [0.1, 0.15) is 18.4 Å². The fraction of sp³-hybridized carbons (Fsp3) is 0.417. The average molecular weight is 259 g/mol. The topological polar surface area (TPSA) is 35.8 Å². The summed E-state index contributed by atoms with van der Waals surface area (Å²) in [4.78, 5) is 0. The van der Waals surface area contributed by atoms with Gasteiger partial charge in [-0.2, -0.15) is 5.26 Å². The number of halogens is 3. The molecule has 2 nitrogen and oxygen atoms in total. The Kier molecular flexibility index (Phi) is 4.44. The van der Waals surface area contributed by atoms with E-state index in [0.29, 0.717) is 25.9 Å². The molecule has 1 aliphatic heterocycles. The first kappa shape index (κ1) is 13.9. The minimum absolute atomic E-state index is 0. The molecular formula is C12H13ClF2N2. The molecular weight excluding hydrogens is 246 g/mol. The molecule has 0 spiro atoms. The minimum atomic E-state index is -1.01. The highest BCUT2D eigenvalue weighted by molar-refractivity contribution is 5.85. The number of rotatable bonds is 1. The summed E-state index contributed by atoms with van der Waals surface area (Å²) in [7, 11) is 0. The Balaban J connectivity index is 0.00000144. The van der Waals surface area contributed by atoms with Crippen molar-refractivity contribution in [3.8, 4) is 6.07 Å². The monoisotopic (exact) mass is 258 g/mol. The Morgan fingerprint density at radius 2 is 1.71 bits per heavy atom. The van der Waals surface area contributed by atoms with Gasteiger partial charge in [0.15, 0.2) is 0 Å². The van der Waals surface area contributed by atoms with E-state index >= 15 is 0 Å². The molecule has 1 fully saturated rings. The molecule has 0 amide bonds. The fourth-order valence-electron chi connectivity index (χ4n) is 2.23. The van der Waals surface area contributed by atoms with Gasteiger partial charge in [0.2, 0.25) is 0 Å². The summed E-state index contributed by atoms with van der Waals surface area (Å²) >= 11 is 0. The van der Waals surface area contributed by atoms with Crippen molar-refractivity contribution in [2.24, 2.45) is 0 Å². The maximum Gasteiger partial charge on any atom is 0.130 e. The van der Waals surface area contributed by atoms with Crippen LogP contribution in [0.3, 0.4) is 0 Å². The summed E-state index contributed by atoms with van der Waals surface area (Å²) in [6, 6.07) is 5.83. The van der Waals surface area contributed by atoms with E-state index in [1.165, 1.54) is 18.2 Å². The molecule has 0 saturated carbocycles. The fourth-order valence-corrected chi connectivity index (χ4v) is 2.23. The van der Waals surface area contributed by atoms with E-state index in [-0.39, 0.29) is 18.0 Å². The first-order valence-corrected chi connectivity index (χ1v) is 5.26. The van der Waals surface area contributed by atoms with Crippen molar-refractivity contribution in [1.29, 1.82) is 5.26 Å². The van der Waals surface area contributed by atoms with Crippen LogP contribution >= 0.6 is 12.4 Å². The second-order valence-corrected chi connectivity index (χ2v) is 4.04. The van der Waals surface area contributed by atoms with E-state index in [1.54, 1.807) is 0 Å². The number of nitrogens with one attached hydrogen (secondary N) is 1. The predicted molar refractivity (Wildman–Crippen MR) is 63.0 cm³/mol. The first-order valence-electron chi connectivity index (χ1n) is 5.26. The number of piperidine rings is 1. The molecule has 1 saturated heterocycles. The smallest absolute Gasteiger partial charge is 0.130 e. The Hall–Kier alpha value is -1.18. The summed E-state index contributed by atoms with van der Waals surface area (Å²) in [5.74, 6) is -1.24. The van der Waals surface area contributed by atoms with Crippen LogP contribution in [0.2, 0.25) is 0 Å². The molecule has 2 rings (SSSR count). The van der Waals surface area contributed by atoms with E-state index in [0.717, 1.165) is 0 Å². The van der Waals surface area contributed by atoms with E-state index in [9.17, 15) is 14.0 Å². The third-order valence-corrected chi connectivity index (χ3v) is 3.11. The largest absolute Gasteiger partial charge is 0.317 e. The van der Waals surface area contributed by atoms with Gasteiger partial charge in [-0.05, 0) is 38.1 Å². The van der Waals surface area contributed by atoms with Crippen LogP contribution in [0.15, 0.2) is 18.2 Å². The Labute approximate surface area is 105 Å². The maximum atomic E-state index is 13.7. The van der Waals surface area contributed by atoms with E-state index in [1.807, 2.05) is 0 Å². The zero-order valence-electron chi connectivity index (χ0n) is 9.17. The van der Waals surface area contributed by atoms with Crippen LogP contribution in [0.5, 0.6) is 0 Å². The lowest BCUT2D eigenvalue weighted by Gasteiger charge is -2.32. The van der Waals surface area contributed by atoms with Crippen molar-refractivity contribution >= 4 is 12.4 Å². The molecule has 92 valence electrons. The highest BCUT2D eigenvalue weighted by Gasteiger charge is 2.38. The minimum Gasteiger partial charge on any atom is -0.317 e. The summed E-state index contributed by atoms with van der Waals surface area (Å²) in [6.45, 7) is 1.22. The maximum absolute atomic E-state index is 13.7. The standard InChI is InChI=1S/C12H12F2N2.ClH/c13-9-2-1-3-10(14)11(9)12(8-15)4-6-16-7-5-12;/h1-3,16H,4-7H2;1H. The molecule has 1 aromatic rings. The van der Waals surface area contributed by atoms with Crippen molar-refractivity contribution in [2.45, 2.75) is 18.3 Å². The number of benzene rings is 1. The van der Waals surface area contributed by atoms with Crippen LogP contribution in [-0.2, 0) is 5.41 Å². The third kappa shape index (κ3) is 2.41. The lowest BCUT2D eigenvalue weighted by molar-refractivity contribution is 0.356. The molecule has 5 heteroatoms. The third-order valence-electron chi connectivity index (χ3n) is 3.11. The second kappa shape index (κ2) is 5.44. The summed E-state index contributed by atoms with van der Waals surface area (Å²) < 4.78 is 27.3. The van der Waals surface area contributed by atoms with Gasteiger partial charge in [-0.3, -0.25) is 0 Å². The molecule has 17 heavy (non-hydrogen) atoms. The van der Waals surface area contributed by atoms with Gasteiger partial charge < -0.3 is 5.32 Å². The SMILES string of the molecule is Cl.N#CC1(c2c(F)cccc2F)CCNCC1. The molecule has 0 unspecified atom stereocenters. The molecule has 1 heterocycles. The zero-order chi connectivity index (χ0) is 11.6. The first-order chi connectivity index (χ1) is 7.69. The quantitative estimate of drug-likeness (QED) is 0.840. The molecule has 1 aromatic carbocycles. The van der Waals surface area contributed by atoms with Crippen molar-refractivity contribution < 1.29 is 8.78 Å². The molecule has 1 N–H and O–H groups in total. The van der Waals surface area contributed by atoms with Gasteiger partial charge in [0.25, 0.3) is 0 Å². The van der Waals surface area contributed by atoms with Crippen LogP contribution in [0.4, 0.5) is 8.78 Å². The predicted octanol–water partition coefficient (Wildman–Crippen LogP) is 2.53. The van der Waals surface area contributed by atoms with Gasteiger partial charge in [0.05, 0.1) is 11.5 Å². The lowest BCUT2D eigenvalue weighted by atomic mass is 9.74. The van der Waals surface area contributed by atoms with Gasteiger partial charge in [0, 0.05) is 5.56 Å². The highest BCUT2D eigenvalue weighted by Crippen LogP contribution is 2.35. The number of hydrogen-bond donors (Lipinski definition) is 1. The van der Waals surface area contributed by atoms with Crippen LogP contribution in [0.25, 0.3) is 0 Å². The van der Waals surface area contributed by atoms with Crippen molar-refractivity contribution in [3.63, 3.8) is 0 Å². The molecule has 0 bridgehead atoms. The highest BCUT2D eigenvalue weighted by atomic mass is 35.5. The van der Waals surface area contributed by atoms with Crippen LogP contribution in [-0.4, -0.2) is 13.1 Å². The molecule has 0 aromatic heterocycles. The van der Waals surface area contributed by atoms with Gasteiger partial charge in [-0.1, -0.05) is 6.07 Å². The normalized spacial score (nSPS) is 17.9. The second-order valence-electron chi connectivity index (χ2n) is 4.04.